The predicted octanol–water partition coefficient (Wildman–Crippen LogP) is 1.81. The van der Waals surface area contributed by atoms with Gasteiger partial charge in [0, 0.05) is 37.4 Å². The summed E-state index contributed by atoms with van der Waals surface area (Å²) in [5, 5.41) is 3.15. The van der Waals surface area contributed by atoms with E-state index in [1.54, 1.807) is 25.3 Å². The largest absolute Gasteiger partial charge is 0.497 e. The number of amides is 2. The summed E-state index contributed by atoms with van der Waals surface area (Å²) in [6.07, 6.45) is 3.43. The van der Waals surface area contributed by atoms with Gasteiger partial charge in [0.15, 0.2) is 5.72 Å². The molecule has 0 aromatic heterocycles. The monoisotopic (exact) mass is 386 g/mol. The Balaban J connectivity index is 1.38. The fourth-order valence-corrected chi connectivity index (χ4v) is 5.44. The highest BCUT2D eigenvalue weighted by molar-refractivity contribution is 5.98. The Labute approximate surface area is 164 Å². The van der Waals surface area contributed by atoms with Crippen molar-refractivity contribution in [2.75, 3.05) is 33.4 Å². The van der Waals surface area contributed by atoms with Crippen molar-refractivity contribution in [3.8, 4) is 11.5 Å². The number of carbonyl (C=O) groups excluding carboxylic acids is 2. The third kappa shape index (κ3) is 2.75. The maximum absolute atomic E-state index is 13.1. The quantitative estimate of drug-likeness (QED) is 0.839. The number of hydrogen-bond acceptors (Lipinski definition) is 5. The number of fused-ring (bicyclic) bond motifs is 3. The molecule has 4 atom stereocenters. The SMILES string of the molecule is COc1ccc2c(c1)O[C@@]1(C[C@@H]3CC[C@@H]1C[C@@H]3C(=O)N1CCOCC1)NC2=O. The zero-order valence-electron chi connectivity index (χ0n) is 16.1. The molecule has 2 bridgehead atoms. The molecule has 1 aromatic rings. The Morgan fingerprint density at radius 3 is 2.82 bits per heavy atom. The highest BCUT2D eigenvalue weighted by atomic mass is 16.5. The number of nitrogens with one attached hydrogen (secondary N) is 1. The van der Waals surface area contributed by atoms with Gasteiger partial charge in [0.25, 0.3) is 5.91 Å². The summed E-state index contributed by atoms with van der Waals surface area (Å²) in [5.41, 5.74) is -0.171. The molecule has 7 nitrogen and oxygen atoms in total. The van der Waals surface area contributed by atoms with E-state index in [2.05, 4.69) is 5.32 Å². The average Bonchev–Trinajstić information content (AvgIpc) is 2.73. The first kappa shape index (κ1) is 17.8. The summed E-state index contributed by atoms with van der Waals surface area (Å²) in [7, 11) is 1.60. The summed E-state index contributed by atoms with van der Waals surface area (Å²) in [6.45, 7) is 2.60. The van der Waals surface area contributed by atoms with Crippen molar-refractivity contribution in [2.45, 2.75) is 31.4 Å². The van der Waals surface area contributed by atoms with Gasteiger partial charge in [0.05, 0.1) is 25.9 Å². The topological polar surface area (TPSA) is 77.1 Å². The molecule has 1 spiro atoms. The maximum Gasteiger partial charge on any atom is 0.258 e. The van der Waals surface area contributed by atoms with E-state index in [1.807, 2.05) is 4.90 Å². The normalized spacial score (nSPS) is 33.8. The lowest BCUT2D eigenvalue weighted by Gasteiger charge is -2.55. The number of morpholine rings is 1. The first-order chi connectivity index (χ1) is 13.6. The molecule has 28 heavy (non-hydrogen) atoms. The van der Waals surface area contributed by atoms with Crippen molar-refractivity contribution in [1.82, 2.24) is 10.2 Å². The van der Waals surface area contributed by atoms with Gasteiger partial charge >= 0.3 is 0 Å². The fourth-order valence-electron chi connectivity index (χ4n) is 5.44. The molecule has 2 heterocycles. The zero-order valence-corrected chi connectivity index (χ0v) is 16.1. The van der Waals surface area contributed by atoms with E-state index in [1.165, 1.54) is 0 Å². The lowest BCUT2D eigenvalue weighted by molar-refractivity contribution is -0.158. The van der Waals surface area contributed by atoms with Crippen molar-refractivity contribution in [1.29, 1.82) is 0 Å². The minimum Gasteiger partial charge on any atom is -0.497 e. The van der Waals surface area contributed by atoms with Crippen LogP contribution in [-0.2, 0) is 9.53 Å². The lowest BCUT2D eigenvalue weighted by Crippen LogP contribution is -2.67. The molecule has 0 radical (unpaired) electrons. The molecule has 2 amide bonds. The Hall–Kier alpha value is -2.28. The van der Waals surface area contributed by atoms with Crippen LogP contribution in [0, 0.1) is 17.8 Å². The van der Waals surface area contributed by atoms with Gasteiger partial charge in [-0.1, -0.05) is 0 Å². The standard InChI is InChI=1S/C21H26N2O5/c1-26-15-4-5-16-18(11-15)28-21(22-19(16)24)12-13-2-3-14(21)10-17(13)20(25)23-6-8-27-9-7-23/h4-5,11,13-14,17H,2-3,6-10,12H2,1H3,(H,22,24)/t13-,14+,17-,21+/m0/s1. The van der Waals surface area contributed by atoms with Gasteiger partial charge in [-0.2, -0.15) is 0 Å². The molecule has 3 aliphatic carbocycles. The molecule has 1 N–H and O–H groups in total. The maximum atomic E-state index is 13.1. The molecule has 1 aromatic carbocycles. The molecule has 4 fully saturated rings. The molecule has 5 aliphatic rings. The van der Waals surface area contributed by atoms with Gasteiger partial charge in [-0.25, -0.2) is 0 Å². The summed E-state index contributed by atoms with van der Waals surface area (Å²) in [5.74, 6) is 1.78. The second kappa shape index (κ2) is 6.65. The van der Waals surface area contributed by atoms with Crippen LogP contribution in [0.1, 0.15) is 36.0 Å². The second-order valence-electron chi connectivity index (χ2n) is 8.33. The highest BCUT2D eigenvalue weighted by Crippen LogP contribution is 2.53. The van der Waals surface area contributed by atoms with Gasteiger partial charge in [-0.3, -0.25) is 9.59 Å². The summed E-state index contributed by atoms with van der Waals surface area (Å²) < 4.78 is 17.1. The van der Waals surface area contributed by atoms with Crippen molar-refractivity contribution in [3.63, 3.8) is 0 Å². The third-order valence-electron chi connectivity index (χ3n) is 6.91. The van der Waals surface area contributed by atoms with Crippen molar-refractivity contribution >= 4 is 11.8 Å². The molecule has 0 unspecified atom stereocenters. The van der Waals surface area contributed by atoms with Crippen LogP contribution in [0.15, 0.2) is 18.2 Å². The van der Waals surface area contributed by atoms with Crippen LogP contribution in [0.2, 0.25) is 0 Å². The van der Waals surface area contributed by atoms with E-state index >= 15 is 0 Å². The smallest absolute Gasteiger partial charge is 0.258 e. The van der Waals surface area contributed by atoms with Gasteiger partial charge in [0.2, 0.25) is 5.91 Å². The number of rotatable bonds is 2. The van der Waals surface area contributed by atoms with Crippen molar-refractivity contribution in [2.24, 2.45) is 17.8 Å². The number of carbonyl (C=O) groups is 2. The average molecular weight is 386 g/mol. The van der Waals surface area contributed by atoms with Crippen LogP contribution in [0.4, 0.5) is 0 Å². The number of nitrogens with zero attached hydrogens (tertiary/aromatic N) is 1. The van der Waals surface area contributed by atoms with Gasteiger partial charge in [0.1, 0.15) is 11.5 Å². The van der Waals surface area contributed by atoms with Crippen LogP contribution in [0.25, 0.3) is 0 Å². The third-order valence-corrected chi connectivity index (χ3v) is 6.91. The molecule has 2 aliphatic heterocycles. The molecular formula is C21H26N2O5. The number of methoxy groups -OCH3 is 1. The fraction of sp³-hybridized carbons (Fsp3) is 0.619. The number of benzene rings is 1. The molecule has 7 heteroatoms. The van der Waals surface area contributed by atoms with E-state index in [-0.39, 0.29) is 29.6 Å². The second-order valence-corrected chi connectivity index (χ2v) is 8.33. The minimum absolute atomic E-state index is 0.0229. The van der Waals surface area contributed by atoms with Crippen LogP contribution >= 0.6 is 0 Å². The Bertz CT molecular complexity index is 806. The van der Waals surface area contributed by atoms with E-state index in [4.69, 9.17) is 14.2 Å². The van der Waals surface area contributed by atoms with Gasteiger partial charge in [-0.05, 0) is 37.3 Å². The number of ether oxygens (including phenoxy) is 3. The van der Waals surface area contributed by atoms with E-state index in [0.29, 0.717) is 49.8 Å². The molecular weight excluding hydrogens is 360 g/mol. The van der Waals surface area contributed by atoms with Gasteiger partial charge in [-0.15, -0.1) is 0 Å². The summed E-state index contributed by atoms with van der Waals surface area (Å²) in [6, 6.07) is 5.29. The predicted molar refractivity (Wildman–Crippen MR) is 100 cm³/mol. The number of hydrogen-bond donors (Lipinski definition) is 1. The van der Waals surface area contributed by atoms with Crippen molar-refractivity contribution < 1.29 is 23.8 Å². The first-order valence-electron chi connectivity index (χ1n) is 10.2. The van der Waals surface area contributed by atoms with Crippen LogP contribution in [0.3, 0.4) is 0 Å². The minimum atomic E-state index is -0.707. The van der Waals surface area contributed by atoms with E-state index in [9.17, 15) is 9.59 Å². The molecule has 6 rings (SSSR count). The van der Waals surface area contributed by atoms with Crippen molar-refractivity contribution in [3.05, 3.63) is 23.8 Å². The van der Waals surface area contributed by atoms with Gasteiger partial charge < -0.3 is 24.4 Å². The Kier molecular flexibility index (Phi) is 4.23. The first-order valence-corrected chi connectivity index (χ1v) is 10.2. The summed E-state index contributed by atoms with van der Waals surface area (Å²) in [4.78, 5) is 27.8. The molecule has 150 valence electrons. The lowest BCUT2D eigenvalue weighted by atomic mass is 9.59. The van der Waals surface area contributed by atoms with Crippen LogP contribution in [0.5, 0.6) is 11.5 Å². The molecule has 3 saturated carbocycles. The highest BCUT2D eigenvalue weighted by Gasteiger charge is 2.57. The Morgan fingerprint density at radius 1 is 1.29 bits per heavy atom. The van der Waals surface area contributed by atoms with E-state index in [0.717, 1.165) is 19.3 Å². The zero-order chi connectivity index (χ0) is 19.3. The summed E-state index contributed by atoms with van der Waals surface area (Å²) >= 11 is 0. The van der Waals surface area contributed by atoms with Crippen LogP contribution < -0.4 is 14.8 Å². The Morgan fingerprint density at radius 2 is 2.11 bits per heavy atom. The van der Waals surface area contributed by atoms with E-state index < -0.39 is 5.72 Å². The van der Waals surface area contributed by atoms with Crippen LogP contribution in [-0.4, -0.2) is 55.9 Å². The molecule has 1 saturated heterocycles.